The molecule has 0 fully saturated rings. The van der Waals surface area contributed by atoms with Crippen molar-refractivity contribution < 1.29 is 17.6 Å². The largest absolute Gasteiger partial charge is 0.441 e. The first-order valence-electron chi connectivity index (χ1n) is 7.11. The van der Waals surface area contributed by atoms with Crippen LogP contribution in [0.25, 0.3) is 11.1 Å². The van der Waals surface area contributed by atoms with Crippen molar-refractivity contribution in [1.82, 2.24) is 10.3 Å². The summed E-state index contributed by atoms with van der Waals surface area (Å²) < 4.78 is 32.7. The van der Waals surface area contributed by atoms with Crippen LogP contribution in [0.3, 0.4) is 0 Å². The molecule has 0 aliphatic heterocycles. The monoisotopic (exact) mass is 345 g/mol. The first kappa shape index (κ1) is 16.0. The number of fused-ring (bicyclic) bond motifs is 1. The molecule has 1 aromatic heterocycles. The zero-order valence-corrected chi connectivity index (χ0v) is 13.8. The third kappa shape index (κ3) is 3.09. The minimum Gasteiger partial charge on any atom is -0.441 e. The molecule has 0 bridgehead atoms. The highest BCUT2D eigenvalue weighted by molar-refractivity contribution is 7.92. The highest BCUT2D eigenvalue weighted by Crippen LogP contribution is 2.22. The summed E-state index contributed by atoms with van der Waals surface area (Å²) in [7, 11) is -2.25. The molecule has 3 aromatic rings. The number of sulfonamides is 1. The summed E-state index contributed by atoms with van der Waals surface area (Å²) in [6.07, 6.45) is 0. The van der Waals surface area contributed by atoms with E-state index in [1.165, 1.54) is 31.3 Å². The lowest BCUT2D eigenvalue weighted by atomic mass is 10.2. The van der Waals surface area contributed by atoms with Gasteiger partial charge in [0.1, 0.15) is 5.52 Å². The fourth-order valence-electron chi connectivity index (χ4n) is 2.25. The molecule has 0 aliphatic carbocycles. The number of aryl methyl sites for hydroxylation is 1. The maximum Gasteiger partial charge on any atom is 0.261 e. The number of nitrogens with one attached hydrogen (secondary N) is 2. The van der Waals surface area contributed by atoms with Crippen LogP contribution < -0.4 is 10.0 Å². The van der Waals surface area contributed by atoms with Crippen molar-refractivity contribution >= 4 is 32.7 Å². The Morgan fingerprint density at radius 2 is 1.83 bits per heavy atom. The van der Waals surface area contributed by atoms with Crippen molar-refractivity contribution in [2.45, 2.75) is 11.8 Å². The van der Waals surface area contributed by atoms with Crippen LogP contribution in [-0.2, 0) is 10.0 Å². The zero-order valence-electron chi connectivity index (χ0n) is 13.0. The standard InChI is InChI=1S/C16H15N3O4S/c1-10-18-14-9-12(5-8-15(14)23-10)19-24(21,22)13-6-3-11(4-7-13)16(20)17-2/h3-9,19H,1-2H3,(H,17,20). The van der Waals surface area contributed by atoms with Gasteiger partial charge in [0, 0.05) is 19.5 Å². The van der Waals surface area contributed by atoms with Crippen LogP contribution in [-0.4, -0.2) is 26.4 Å². The number of oxazole rings is 1. The van der Waals surface area contributed by atoms with Gasteiger partial charge in [0.25, 0.3) is 15.9 Å². The Kier molecular flexibility index (Phi) is 3.98. The summed E-state index contributed by atoms with van der Waals surface area (Å²) in [6.45, 7) is 1.72. The molecule has 7 nitrogen and oxygen atoms in total. The first-order valence-corrected chi connectivity index (χ1v) is 8.59. The van der Waals surface area contributed by atoms with Gasteiger partial charge in [0.2, 0.25) is 0 Å². The number of anilines is 1. The summed E-state index contributed by atoms with van der Waals surface area (Å²) in [5, 5.41) is 2.48. The lowest BCUT2D eigenvalue weighted by Gasteiger charge is -2.08. The van der Waals surface area contributed by atoms with Crippen LogP contribution in [0, 0.1) is 6.92 Å². The van der Waals surface area contributed by atoms with E-state index in [1.54, 1.807) is 25.1 Å². The summed E-state index contributed by atoms with van der Waals surface area (Å²) in [4.78, 5) is 15.7. The van der Waals surface area contributed by atoms with Gasteiger partial charge in [-0.15, -0.1) is 0 Å². The van der Waals surface area contributed by atoms with Gasteiger partial charge in [0.15, 0.2) is 11.5 Å². The molecule has 2 aromatic carbocycles. The molecule has 0 atom stereocenters. The molecule has 0 saturated carbocycles. The molecule has 3 rings (SSSR count). The predicted octanol–water partition coefficient (Wildman–Crippen LogP) is 2.30. The van der Waals surface area contributed by atoms with Gasteiger partial charge in [-0.1, -0.05) is 0 Å². The lowest BCUT2D eigenvalue weighted by molar-refractivity contribution is 0.0963. The Morgan fingerprint density at radius 3 is 2.50 bits per heavy atom. The summed E-state index contributed by atoms with van der Waals surface area (Å²) in [5.74, 6) is 0.230. The van der Waals surface area contributed by atoms with E-state index in [0.717, 1.165) is 0 Å². The molecular weight excluding hydrogens is 330 g/mol. The van der Waals surface area contributed by atoms with Crippen LogP contribution in [0.5, 0.6) is 0 Å². The Labute approximate surface area is 138 Å². The molecule has 0 unspecified atom stereocenters. The first-order chi connectivity index (χ1) is 11.4. The van der Waals surface area contributed by atoms with E-state index in [-0.39, 0.29) is 10.8 Å². The molecular formula is C16H15N3O4S. The normalized spacial score (nSPS) is 11.4. The summed E-state index contributed by atoms with van der Waals surface area (Å²) >= 11 is 0. The van der Waals surface area contributed by atoms with Crippen LogP contribution in [0.4, 0.5) is 5.69 Å². The smallest absolute Gasteiger partial charge is 0.261 e. The second-order valence-electron chi connectivity index (χ2n) is 5.12. The van der Waals surface area contributed by atoms with Gasteiger partial charge in [-0.3, -0.25) is 9.52 Å². The van der Waals surface area contributed by atoms with Crippen molar-refractivity contribution in [1.29, 1.82) is 0 Å². The van der Waals surface area contributed by atoms with Crippen molar-refractivity contribution in [3.8, 4) is 0 Å². The van der Waals surface area contributed by atoms with E-state index in [1.807, 2.05) is 0 Å². The van der Waals surface area contributed by atoms with E-state index in [4.69, 9.17) is 4.42 Å². The molecule has 1 amide bonds. The quantitative estimate of drug-likeness (QED) is 0.755. The van der Waals surface area contributed by atoms with Gasteiger partial charge in [-0.05, 0) is 42.5 Å². The van der Waals surface area contributed by atoms with Gasteiger partial charge in [-0.2, -0.15) is 0 Å². The summed E-state index contributed by atoms with van der Waals surface area (Å²) in [6, 6.07) is 10.5. The van der Waals surface area contributed by atoms with Crippen LogP contribution in [0.1, 0.15) is 16.2 Å². The molecule has 1 heterocycles. The Hall–Kier alpha value is -2.87. The molecule has 24 heavy (non-hydrogen) atoms. The molecule has 8 heteroatoms. The number of aromatic nitrogens is 1. The second kappa shape index (κ2) is 5.97. The third-order valence-corrected chi connectivity index (χ3v) is 4.80. The molecule has 2 N–H and O–H groups in total. The predicted molar refractivity (Wildman–Crippen MR) is 89.4 cm³/mol. The maximum atomic E-state index is 12.4. The number of amides is 1. The fraction of sp³-hybridized carbons (Fsp3) is 0.125. The van der Waals surface area contributed by atoms with Crippen molar-refractivity contribution in [2.24, 2.45) is 0 Å². The number of benzene rings is 2. The average Bonchev–Trinajstić information content (AvgIpc) is 2.93. The fourth-order valence-corrected chi connectivity index (χ4v) is 3.30. The molecule has 0 aliphatic rings. The van der Waals surface area contributed by atoms with Gasteiger partial charge >= 0.3 is 0 Å². The van der Waals surface area contributed by atoms with Crippen molar-refractivity contribution in [3.63, 3.8) is 0 Å². The van der Waals surface area contributed by atoms with Gasteiger partial charge in [0.05, 0.1) is 10.6 Å². The van der Waals surface area contributed by atoms with Crippen LogP contribution >= 0.6 is 0 Å². The van der Waals surface area contributed by atoms with Crippen molar-refractivity contribution in [3.05, 3.63) is 53.9 Å². The minimum atomic E-state index is -3.76. The van der Waals surface area contributed by atoms with E-state index >= 15 is 0 Å². The van der Waals surface area contributed by atoms with Gasteiger partial charge < -0.3 is 9.73 Å². The highest BCUT2D eigenvalue weighted by Gasteiger charge is 2.16. The molecule has 124 valence electrons. The number of rotatable bonds is 4. The van der Waals surface area contributed by atoms with Gasteiger partial charge in [-0.25, -0.2) is 13.4 Å². The lowest BCUT2D eigenvalue weighted by Crippen LogP contribution is -2.18. The third-order valence-electron chi connectivity index (χ3n) is 3.40. The number of carbonyl (C=O) groups excluding carboxylic acids is 1. The van der Waals surface area contributed by atoms with E-state index in [9.17, 15) is 13.2 Å². The number of hydrogen-bond acceptors (Lipinski definition) is 5. The topological polar surface area (TPSA) is 101 Å². The zero-order chi connectivity index (χ0) is 17.3. The van der Waals surface area contributed by atoms with E-state index in [0.29, 0.717) is 28.2 Å². The Bertz CT molecular complexity index is 1010. The molecule has 0 saturated heterocycles. The van der Waals surface area contributed by atoms with Crippen LogP contribution in [0.2, 0.25) is 0 Å². The minimum absolute atomic E-state index is 0.0617. The van der Waals surface area contributed by atoms with E-state index < -0.39 is 10.0 Å². The molecule has 0 radical (unpaired) electrons. The Morgan fingerprint density at radius 1 is 1.12 bits per heavy atom. The summed E-state index contributed by atoms with van der Waals surface area (Å²) in [5.41, 5.74) is 1.93. The SMILES string of the molecule is CNC(=O)c1ccc(S(=O)(=O)Nc2ccc3oc(C)nc3c2)cc1. The Balaban J connectivity index is 1.87. The average molecular weight is 345 g/mol. The maximum absolute atomic E-state index is 12.4. The number of nitrogens with zero attached hydrogens (tertiary/aromatic N) is 1. The number of carbonyl (C=O) groups is 1. The second-order valence-corrected chi connectivity index (χ2v) is 6.81. The molecule has 0 spiro atoms. The van der Waals surface area contributed by atoms with Crippen molar-refractivity contribution in [2.75, 3.05) is 11.8 Å². The van der Waals surface area contributed by atoms with Crippen LogP contribution in [0.15, 0.2) is 51.8 Å². The number of hydrogen-bond donors (Lipinski definition) is 2. The van der Waals surface area contributed by atoms with E-state index in [2.05, 4.69) is 15.0 Å². The highest BCUT2D eigenvalue weighted by atomic mass is 32.2.